The fourth-order valence-electron chi connectivity index (χ4n) is 2.28. The first-order chi connectivity index (χ1) is 9.87. The molecule has 0 N–H and O–H groups in total. The topological polar surface area (TPSA) is 46.6 Å². The summed E-state index contributed by atoms with van der Waals surface area (Å²) in [5, 5.41) is 0. The van der Waals surface area contributed by atoms with Crippen molar-refractivity contribution in [3.05, 3.63) is 24.3 Å². The monoisotopic (exact) mass is 339 g/mol. The zero-order valence-corrected chi connectivity index (χ0v) is 12.9. The number of halogens is 3. The molecule has 21 heavy (non-hydrogen) atoms. The van der Waals surface area contributed by atoms with Crippen LogP contribution < -0.4 is 4.90 Å². The Balaban J connectivity index is 2.44. The third-order valence-corrected chi connectivity index (χ3v) is 5.17. The number of nitrogens with zero attached hydrogens (tertiary/aromatic N) is 1. The lowest BCUT2D eigenvalue weighted by Crippen LogP contribution is -2.49. The number of sulfone groups is 1. The van der Waals surface area contributed by atoms with Crippen LogP contribution in [0.15, 0.2) is 29.2 Å². The number of hydrogen-bond donors (Lipinski definition) is 0. The summed E-state index contributed by atoms with van der Waals surface area (Å²) in [5.74, 6) is -3.19. The van der Waals surface area contributed by atoms with Gasteiger partial charge in [-0.15, -0.1) is 11.6 Å². The molecule has 0 aromatic heterocycles. The van der Waals surface area contributed by atoms with Gasteiger partial charge in [-0.1, -0.05) is 12.1 Å². The van der Waals surface area contributed by atoms with Crippen molar-refractivity contribution in [3.8, 4) is 0 Å². The maximum absolute atomic E-state index is 12.8. The van der Waals surface area contributed by atoms with Crippen LogP contribution in [0.3, 0.4) is 0 Å². The zero-order valence-electron chi connectivity index (χ0n) is 11.4. The van der Waals surface area contributed by atoms with Crippen LogP contribution >= 0.6 is 11.6 Å². The van der Waals surface area contributed by atoms with Gasteiger partial charge in [0.1, 0.15) is 0 Å². The summed E-state index contributed by atoms with van der Waals surface area (Å²) >= 11 is 5.77. The number of para-hydroxylation sites is 1. The largest absolute Gasteiger partial charge is 0.373 e. The number of morpholine rings is 1. The van der Waals surface area contributed by atoms with E-state index in [2.05, 4.69) is 0 Å². The molecule has 0 amide bonds. The Kier molecular flexibility index (Phi) is 5.06. The Bertz CT molecular complexity index is 597. The molecule has 1 saturated heterocycles. The molecule has 1 fully saturated rings. The molecular weight excluding hydrogens is 324 g/mol. The fraction of sp³-hybridized carbons (Fsp3) is 0.538. The van der Waals surface area contributed by atoms with E-state index < -0.39 is 15.6 Å². The Morgan fingerprint density at radius 3 is 2.71 bits per heavy atom. The predicted octanol–water partition coefficient (Wildman–Crippen LogP) is 2.52. The van der Waals surface area contributed by atoms with Crippen molar-refractivity contribution >= 4 is 27.1 Å². The van der Waals surface area contributed by atoms with E-state index in [4.69, 9.17) is 16.3 Å². The molecule has 2 atom stereocenters. The van der Waals surface area contributed by atoms with E-state index in [1.54, 1.807) is 11.0 Å². The third kappa shape index (κ3) is 3.30. The first-order valence-electron chi connectivity index (χ1n) is 6.43. The maximum Gasteiger partial charge on any atom is 0.341 e. The molecule has 2 rings (SSSR count). The molecule has 1 aliphatic rings. The highest BCUT2D eigenvalue weighted by Gasteiger charge is 2.33. The van der Waals surface area contributed by atoms with E-state index in [9.17, 15) is 17.2 Å². The minimum atomic E-state index is -4.65. The van der Waals surface area contributed by atoms with E-state index in [0.29, 0.717) is 13.2 Å². The van der Waals surface area contributed by atoms with Crippen molar-refractivity contribution in [2.75, 3.05) is 23.9 Å². The lowest BCUT2D eigenvalue weighted by Gasteiger charge is -2.39. The smallest absolute Gasteiger partial charge is 0.341 e. The standard InChI is InChI=1S/C13H16ClF2NO3S/c1-9-8-20-10(6-14)7-17(9)11-4-2-3-5-12(11)21(18,19)13(15)16/h2-5,9-10,13H,6-8H2,1H3. The Hall–Kier alpha value is -0.920. The lowest BCUT2D eigenvalue weighted by atomic mass is 10.1. The van der Waals surface area contributed by atoms with E-state index in [0.717, 1.165) is 0 Å². The van der Waals surface area contributed by atoms with Crippen molar-refractivity contribution < 1.29 is 21.9 Å². The number of alkyl halides is 3. The molecule has 0 saturated carbocycles. The van der Waals surface area contributed by atoms with Crippen molar-refractivity contribution in [1.29, 1.82) is 0 Å². The van der Waals surface area contributed by atoms with Crippen molar-refractivity contribution in [2.45, 2.75) is 29.7 Å². The van der Waals surface area contributed by atoms with E-state index in [1.807, 2.05) is 6.92 Å². The van der Waals surface area contributed by atoms with Gasteiger partial charge in [-0.3, -0.25) is 0 Å². The first-order valence-corrected chi connectivity index (χ1v) is 8.51. The molecule has 0 aliphatic carbocycles. The van der Waals surface area contributed by atoms with Gasteiger partial charge in [0.15, 0.2) is 0 Å². The van der Waals surface area contributed by atoms with Crippen LogP contribution in [0.2, 0.25) is 0 Å². The second-order valence-electron chi connectivity index (χ2n) is 4.88. The number of benzene rings is 1. The summed E-state index contributed by atoms with van der Waals surface area (Å²) in [6, 6.07) is 5.66. The molecule has 1 aromatic rings. The molecule has 1 aliphatic heterocycles. The molecule has 2 unspecified atom stereocenters. The highest BCUT2D eigenvalue weighted by atomic mass is 35.5. The minimum absolute atomic E-state index is 0.126. The van der Waals surface area contributed by atoms with Crippen LogP contribution in [-0.2, 0) is 14.6 Å². The van der Waals surface area contributed by atoms with Gasteiger partial charge >= 0.3 is 5.76 Å². The van der Waals surface area contributed by atoms with Crippen molar-refractivity contribution in [1.82, 2.24) is 0 Å². The summed E-state index contributed by atoms with van der Waals surface area (Å²) in [7, 11) is -4.65. The molecule has 8 heteroatoms. The molecule has 1 aromatic carbocycles. The molecular formula is C13H16ClF2NO3S. The van der Waals surface area contributed by atoms with Crippen LogP contribution in [0.4, 0.5) is 14.5 Å². The maximum atomic E-state index is 12.8. The number of rotatable bonds is 4. The van der Waals surface area contributed by atoms with Crippen LogP contribution in [0, 0.1) is 0 Å². The van der Waals surface area contributed by atoms with Gasteiger partial charge in [0.2, 0.25) is 9.84 Å². The average molecular weight is 340 g/mol. The van der Waals surface area contributed by atoms with Gasteiger partial charge in [-0.05, 0) is 19.1 Å². The lowest BCUT2D eigenvalue weighted by molar-refractivity contribution is 0.0362. The van der Waals surface area contributed by atoms with Gasteiger partial charge in [0, 0.05) is 12.6 Å². The number of hydrogen-bond acceptors (Lipinski definition) is 4. The minimum Gasteiger partial charge on any atom is -0.373 e. The van der Waals surface area contributed by atoms with Crippen LogP contribution in [0.25, 0.3) is 0 Å². The molecule has 0 bridgehead atoms. The summed E-state index contributed by atoms with van der Waals surface area (Å²) in [4.78, 5) is 1.40. The van der Waals surface area contributed by atoms with E-state index >= 15 is 0 Å². The molecule has 0 radical (unpaired) electrons. The zero-order chi connectivity index (χ0) is 15.6. The molecule has 118 valence electrons. The van der Waals surface area contributed by atoms with Gasteiger partial charge in [0.05, 0.1) is 29.2 Å². The van der Waals surface area contributed by atoms with Crippen LogP contribution in [-0.4, -0.2) is 45.4 Å². The number of anilines is 1. The van der Waals surface area contributed by atoms with Gasteiger partial charge in [-0.25, -0.2) is 8.42 Å². The normalized spacial score (nSPS) is 23.6. The summed E-state index contributed by atoms with van der Waals surface area (Å²) in [6.45, 7) is 2.57. The molecule has 0 spiro atoms. The molecule has 1 heterocycles. The molecule has 4 nitrogen and oxygen atoms in total. The summed E-state index contributed by atoms with van der Waals surface area (Å²) in [5.41, 5.74) is 0.267. The SMILES string of the molecule is CC1COC(CCl)CN1c1ccccc1S(=O)(=O)C(F)F. The fourth-order valence-corrected chi connectivity index (χ4v) is 3.40. The quantitative estimate of drug-likeness (QED) is 0.791. The summed E-state index contributed by atoms with van der Waals surface area (Å²) < 4.78 is 54.8. The first kappa shape index (κ1) is 16.5. The summed E-state index contributed by atoms with van der Waals surface area (Å²) in [6.07, 6.45) is -0.259. The van der Waals surface area contributed by atoms with Gasteiger partial charge in [-0.2, -0.15) is 8.78 Å². The Labute approximate surface area is 127 Å². The van der Waals surface area contributed by atoms with Crippen molar-refractivity contribution in [3.63, 3.8) is 0 Å². The van der Waals surface area contributed by atoms with E-state index in [1.165, 1.54) is 18.2 Å². The average Bonchev–Trinajstić information content (AvgIpc) is 2.47. The Morgan fingerprint density at radius 1 is 1.43 bits per heavy atom. The van der Waals surface area contributed by atoms with Crippen molar-refractivity contribution in [2.24, 2.45) is 0 Å². The second-order valence-corrected chi connectivity index (χ2v) is 7.08. The van der Waals surface area contributed by atoms with Crippen LogP contribution in [0.1, 0.15) is 6.92 Å². The van der Waals surface area contributed by atoms with Gasteiger partial charge in [0.25, 0.3) is 0 Å². The Morgan fingerprint density at radius 2 is 2.10 bits per heavy atom. The number of ether oxygens (including phenoxy) is 1. The third-order valence-electron chi connectivity index (χ3n) is 3.39. The highest BCUT2D eigenvalue weighted by Crippen LogP contribution is 2.32. The second kappa shape index (κ2) is 6.46. The van der Waals surface area contributed by atoms with E-state index in [-0.39, 0.29) is 28.6 Å². The predicted molar refractivity (Wildman–Crippen MR) is 76.9 cm³/mol. The highest BCUT2D eigenvalue weighted by molar-refractivity contribution is 7.91. The van der Waals surface area contributed by atoms with Gasteiger partial charge < -0.3 is 9.64 Å². The van der Waals surface area contributed by atoms with Crippen LogP contribution in [0.5, 0.6) is 0 Å².